The zero-order valence-corrected chi connectivity index (χ0v) is 25.2. The molecule has 4 aliphatic rings. The summed E-state index contributed by atoms with van der Waals surface area (Å²) in [7, 11) is 0. The zero-order chi connectivity index (χ0) is 29.6. The van der Waals surface area contributed by atoms with Gasteiger partial charge < -0.3 is 10.6 Å². The lowest BCUT2D eigenvalue weighted by Crippen LogP contribution is -2.43. The summed E-state index contributed by atoms with van der Waals surface area (Å²) >= 11 is 0. The number of fused-ring (bicyclic) bond motifs is 4. The molecule has 216 valence electrons. The molecule has 0 aliphatic heterocycles. The van der Waals surface area contributed by atoms with Crippen molar-refractivity contribution in [1.29, 1.82) is 0 Å². The van der Waals surface area contributed by atoms with Crippen molar-refractivity contribution in [3.63, 3.8) is 0 Å². The number of ketones is 2. The average molecular weight is 555 g/mol. The Hall–Kier alpha value is -3.28. The second-order valence-corrected chi connectivity index (χ2v) is 14.8. The minimum atomic E-state index is -0.644. The first-order valence-corrected chi connectivity index (χ1v) is 15.0. The highest BCUT2D eigenvalue weighted by Gasteiger charge is 2.73. The number of amides is 2. The minimum absolute atomic E-state index is 0.0467. The highest BCUT2D eigenvalue weighted by molar-refractivity contribution is 6.05. The van der Waals surface area contributed by atoms with Crippen molar-refractivity contribution >= 4 is 34.8 Å². The molecule has 6 heteroatoms. The summed E-state index contributed by atoms with van der Waals surface area (Å²) in [6, 6.07) is 15.8. The fraction of sp³-hybridized carbons (Fsp3) is 0.543. The Morgan fingerprint density at radius 1 is 0.585 bits per heavy atom. The summed E-state index contributed by atoms with van der Waals surface area (Å²) < 4.78 is 0. The van der Waals surface area contributed by atoms with Crippen LogP contribution in [-0.4, -0.2) is 23.4 Å². The lowest BCUT2D eigenvalue weighted by atomic mass is 9.64. The molecule has 2 aromatic rings. The number of rotatable bonds is 6. The summed E-state index contributed by atoms with van der Waals surface area (Å²) in [5, 5.41) is 6.21. The average Bonchev–Trinajstić information content (AvgIpc) is 3.39. The van der Waals surface area contributed by atoms with Crippen LogP contribution in [0, 0.1) is 32.5 Å². The molecular formula is C35H42N2O4. The largest absolute Gasteiger partial charge is 0.326 e. The van der Waals surface area contributed by atoms with Gasteiger partial charge in [-0.3, -0.25) is 19.2 Å². The molecule has 2 aromatic carbocycles. The summed E-state index contributed by atoms with van der Waals surface area (Å²) in [5.74, 6) is 0.330. The van der Waals surface area contributed by atoms with Crippen molar-refractivity contribution in [2.24, 2.45) is 32.5 Å². The van der Waals surface area contributed by atoms with Crippen LogP contribution < -0.4 is 10.6 Å². The van der Waals surface area contributed by atoms with Crippen LogP contribution in [0.4, 0.5) is 11.4 Å². The predicted molar refractivity (Wildman–Crippen MR) is 159 cm³/mol. The van der Waals surface area contributed by atoms with Gasteiger partial charge in [-0.25, -0.2) is 0 Å². The van der Waals surface area contributed by atoms with Crippen LogP contribution in [0.2, 0.25) is 0 Å². The third-order valence-electron chi connectivity index (χ3n) is 13.1. The van der Waals surface area contributed by atoms with Crippen molar-refractivity contribution < 1.29 is 19.2 Å². The van der Waals surface area contributed by atoms with Gasteiger partial charge in [0.05, 0.1) is 10.8 Å². The van der Waals surface area contributed by atoms with E-state index in [9.17, 15) is 19.2 Å². The molecule has 0 aromatic heterocycles. The first-order valence-electron chi connectivity index (χ1n) is 15.0. The van der Waals surface area contributed by atoms with Crippen LogP contribution in [0.15, 0.2) is 48.5 Å². The highest BCUT2D eigenvalue weighted by atomic mass is 16.2. The molecule has 4 atom stereocenters. The number of nitrogens with one attached hydrogen (secondary N) is 2. The summed E-state index contributed by atoms with van der Waals surface area (Å²) in [4.78, 5) is 52.4. The van der Waals surface area contributed by atoms with E-state index >= 15 is 0 Å². The Balaban J connectivity index is 1.08. The van der Waals surface area contributed by atoms with Gasteiger partial charge in [0.25, 0.3) is 0 Å². The van der Waals surface area contributed by atoms with Gasteiger partial charge in [0.15, 0.2) is 0 Å². The van der Waals surface area contributed by atoms with Gasteiger partial charge in [0, 0.05) is 35.0 Å². The number of carbonyl (C=O) groups is 4. The number of Topliss-reactive ketones (excluding diaryl/α,β-unsaturated/α-hetero) is 2. The third kappa shape index (κ3) is 3.48. The van der Waals surface area contributed by atoms with Gasteiger partial charge in [0.2, 0.25) is 11.8 Å². The van der Waals surface area contributed by atoms with E-state index in [0.29, 0.717) is 12.8 Å². The fourth-order valence-corrected chi connectivity index (χ4v) is 8.87. The van der Waals surface area contributed by atoms with Gasteiger partial charge >= 0.3 is 0 Å². The Morgan fingerprint density at radius 3 is 1.20 bits per heavy atom. The van der Waals surface area contributed by atoms with Crippen molar-refractivity contribution in [2.75, 3.05) is 10.6 Å². The van der Waals surface area contributed by atoms with Gasteiger partial charge in [-0.15, -0.1) is 0 Å². The van der Waals surface area contributed by atoms with Crippen LogP contribution in [0.3, 0.4) is 0 Å². The molecule has 4 fully saturated rings. The normalized spacial score (nSPS) is 34.2. The van der Waals surface area contributed by atoms with Gasteiger partial charge in [-0.2, -0.15) is 0 Å². The quantitative estimate of drug-likeness (QED) is 0.414. The van der Waals surface area contributed by atoms with E-state index in [0.717, 1.165) is 54.6 Å². The third-order valence-corrected chi connectivity index (χ3v) is 13.1. The van der Waals surface area contributed by atoms with Gasteiger partial charge in [0.1, 0.15) is 11.6 Å². The molecule has 0 heterocycles. The zero-order valence-electron chi connectivity index (χ0n) is 25.2. The number of hydrogen-bond acceptors (Lipinski definition) is 4. The highest BCUT2D eigenvalue weighted by Crippen LogP contribution is 2.71. The van der Waals surface area contributed by atoms with E-state index in [4.69, 9.17) is 0 Å². The Bertz CT molecular complexity index is 1360. The first-order chi connectivity index (χ1) is 19.1. The molecular weight excluding hydrogens is 512 g/mol. The van der Waals surface area contributed by atoms with Crippen molar-refractivity contribution in [3.8, 4) is 0 Å². The molecule has 0 radical (unpaired) electrons. The minimum Gasteiger partial charge on any atom is -0.326 e. The molecule has 4 bridgehead atoms. The van der Waals surface area contributed by atoms with E-state index in [1.54, 1.807) is 0 Å². The molecule has 6 rings (SSSR count). The SMILES string of the molecule is CC1(C)[C@@]2(C(=O)Nc3ccc(Cc4ccc(NC(=O)[C@]56CC[C@](C)(C(=O)C5)C6(C)C)cc4)cc3)CC[C@@]1(C)C(=O)C2. The van der Waals surface area contributed by atoms with E-state index < -0.39 is 21.7 Å². The summed E-state index contributed by atoms with van der Waals surface area (Å²) in [5.41, 5.74) is 0.840. The van der Waals surface area contributed by atoms with Crippen LogP contribution in [-0.2, 0) is 25.6 Å². The summed E-state index contributed by atoms with van der Waals surface area (Å²) in [6.07, 6.45) is 4.41. The number of anilines is 2. The van der Waals surface area contributed by atoms with E-state index in [-0.39, 0.29) is 34.2 Å². The van der Waals surface area contributed by atoms with Gasteiger partial charge in [-0.1, -0.05) is 65.8 Å². The van der Waals surface area contributed by atoms with E-state index in [1.807, 2.05) is 62.4 Å². The maximum atomic E-state index is 13.5. The lowest BCUT2D eigenvalue weighted by molar-refractivity contribution is -0.131. The van der Waals surface area contributed by atoms with Crippen LogP contribution in [0.5, 0.6) is 0 Å². The Labute approximate surface area is 243 Å². The topological polar surface area (TPSA) is 92.3 Å². The lowest BCUT2D eigenvalue weighted by Gasteiger charge is -2.38. The van der Waals surface area contributed by atoms with Crippen LogP contribution in [0.25, 0.3) is 0 Å². The maximum absolute atomic E-state index is 13.5. The fourth-order valence-electron chi connectivity index (χ4n) is 8.87. The molecule has 4 saturated carbocycles. The summed E-state index contributed by atoms with van der Waals surface area (Å²) in [6.45, 7) is 12.3. The molecule has 41 heavy (non-hydrogen) atoms. The molecule has 2 N–H and O–H groups in total. The van der Waals surface area contributed by atoms with Crippen molar-refractivity contribution in [2.45, 2.75) is 86.5 Å². The Morgan fingerprint density at radius 2 is 0.927 bits per heavy atom. The Kier molecular flexibility index (Phi) is 5.86. The monoisotopic (exact) mass is 554 g/mol. The molecule has 0 unspecified atom stereocenters. The number of carbonyl (C=O) groups excluding carboxylic acids is 4. The molecule has 0 saturated heterocycles. The van der Waals surface area contributed by atoms with Crippen LogP contribution in [0.1, 0.15) is 91.2 Å². The molecule has 4 aliphatic carbocycles. The van der Waals surface area contributed by atoms with E-state index in [1.165, 1.54) is 0 Å². The number of hydrogen-bond donors (Lipinski definition) is 2. The molecule has 6 nitrogen and oxygen atoms in total. The second-order valence-electron chi connectivity index (χ2n) is 14.8. The smallest absolute Gasteiger partial charge is 0.231 e. The molecule has 0 spiro atoms. The maximum Gasteiger partial charge on any atom is 0.231 e. The van der Waals surface area contributed by atoms with E-state index in [2.05, 4.69) is 38.3 Å². The van der Waals surface area contributed by atoms with Crippen molar-refractivity contribution in [1.82, 2.24) is 0 Å². The predicted octanol–water partition coefficient (Wildman–Crippen LogP) is 6.73. The van der Waals surface area contributed by atoms with Crippen molar-refractivity contribution in [3.05, 3.63) is 59.7 Å². The standard InChI is InChI=1S/C35H42N2O4/c1-30(2)32(5)15-17-34(30,20-26(32)38)28(40)36-24-11-7-22(8-12-24)19-23-9-13-25(14-10-23)37-29(41)35-18-16-33(6,27(39)21-35)31(35,3)4/h7-14H,15-21H2,1-6H3,(H,36,40)(H,37,41)/t32-,33+,34-,35-/m0/s1. The first kappa shape index (κ1) is 27.9. The number of benzene rings is 2. The molecule has 2 amide bonds. The van der Waals surface area contributed by atoms with Gasteiger partial charge in [-0.05, 0) is 78.3 Å². The second kappa shape index (κ2) is 8.62. The van der Waals surface area contributed by atoms with Crippen LogP contribution >= 0.6 is 0 Å².